The van der Waals surface area contributed by atoms with E-state index >= 15 is 0 Å². The van der Waals surface area contributed by atoms with Crippen LogP contribution in [0.2, 0.25) is 0 Å². The van der Waals surface area contributed by atoms with Gasteiger partial charge < -0.3 is 0 Å². The molecule has 0 radical (unpaired) electrons. The van der Waals surface area contributed by atoms with Crippen molar-refractivity contribution in [3.05, 3.63) is 22.4 Å². The Morgan fingerprint density at radius 3 is 2.72 bits per heavy atom. The van der Waals surface area contributed by atoms with Gasteiger partial charge in [0, 0.05) is 10.9 Å². The Kier molecular flexibility index (Phi) is 5.67. The second-order valence-electron chi connectivity index (χ2n) is 5.63. The van der Waals surface area contributed by atoms with Crippen molar-refractivity contribution in [2.75, 3.05) is 0 Å². The van der Waals surface area contributed by atoms with E-state index in [1.54, 1.807) is 0 Å². The number of hydrogen-bond acceptors (Lipinski definition) is 3. The minimum atomic E-state index is 0.464. The van der Waals surface area contributed by atoms with Crippen LogP contribution >= 0.6 is 11.3 Å². The van der Waals surface area contributed by atoms with Crippen molar-refractivity contribution in [1.82, 2.24) is 5.43 Å². The molecule has 0 bridgehead atoms. The number of nitrogens with one attached hydrogen (secondary N) is 1. The average Bonchev–Trinajstić information content (AvgIpc) is 2.90. The number of hydrogen-bond donors (Lipinski definition) is 2. The Hall–Kier alpha value is -0.380. The maximum absolute atomic E-state index is 5.77. The smallest absolute Gasteiger partial charge is 0.0286 e. The third-order valence-electron chi connectivity index (χ3n) is 4.37. The van der Waals surface area contributed by atoms with Crippen LogP contribution < -0.4 is 11.3 Å². The minimum absolute atomic E-state index is 0.464. The Balaban J connectivity index is 1.82. The molecule has 0 spiro atoms. The molecule has 1 unspecified atom stereocenters. The van der Waals surface area contributed by atoms with Crippen LogP contribution in [-0.4, -0.2) is 6.04 Å². The van der Waals surface area contributed by atoms with E-state index in [1.165, 1.54) is 43.4 Å². The summed E-state index contributed by atoms with van der Waals surface area (Å²) in [5, 5.41) is 2.15. The number of thiophene rings is 1. The molecule has 1 aromatic rings. The van der Waals surface area contributed by atoms with Crippen LogP contribution in [0.5, 0.6) is 0 Å². The van der Waals surface area contributed by atoms with Crippen molar-refractivity contribution in [3.63, 3.8) is 0 Å². The SMILES string of the molecule is CCCC1CCC(C(Cc2cccs2)NN)CC1. The van der Waals surface area contributed by atoms with Gasteiger partial charge in [0.25, 0.3) is 0 Å². The van der Waals surface area contributed by atoms with Gasteiger partial charge in [0.2, 0.25) is 0 Å². The molecule has 2 rings (SSSR count). The summed E-state index contributed by atoms with van der Waals surface area (Å²) in [6.45, 7) is 2.30. The van der Waals surface area contributed by atoms with Gasteiger partial charge in [-0.15, -0.1) is 11.3 Å². The molecule has 1 aliphatic carbocycles. The minimum Gasteiger partial charge on any atom is -0.271 e. The Labute approximate surface area is 115 Å². The lowest BCUT2D eigenvalue weighted by Gasteiger charge is -2.33. The molecular formula is C15H26N2S. The predicted octanol–water partition coefficient (Wildman–Crippen LogP) is 3.73. The Morgan fingerprint density at radius 2 is 2.17 bits per heavy atom. The highest BCUT2D eigenvalue weighted by Gasteiger charge is 2.26. The lowest BCUT2D eigenvalue weighted by atomic mass is 9.76. The standard InChI is InChI=1S/C15H26N2S/c1-2-4-12-6-8-13(9-7-12)15(17-16)11-14-5-3-10-18-14/h3,5,10,12-13,15,17H,2,4,6-9,11,16H2,1H3. The van der Waals surface area contributed by atoms with Gasteiger partial charge in [0.05, 0.1) is 0 Å². The summed E-state index contributed by atoms with van der Waals surface area (Å²) in [7, 11) is 0. The van der Waals surface area contributed by atoms with Crippen LogP contribution in [0.15, 0.2) is 17.5 Å². The third-order valence-corrected chi connectivity index (χ3v) is 5.27. The van der Waals surface area contributed by atoms with E-state index in [2.05, 4.69) is 29.9 Å². The first-order valence-electron chi connectivity index (χ1n) is 7.32. The summed E-state index contributed by atoms with van der Waals surface area (Å²) in [6.07, 6.45) is 9.36. The van der Waals surface area contributed by atoms with E-state index in [1.807, 2.05) is 11.3 Å². The molecule has 0 saturated heterocycles. The van der Waals surface area contributed by atoms with Crippen LogP contribution in [0.4, 0.5) is 0 Å². The fraction of sp³-hybridized carbons (Fsp3) is 0.733. The van der Waals surface area contributed by atoms with Gasteiger partial charge >= 0.3 is 0 Å². The topological polar surface area (TPSA) is 38.0 Å². The molecule has 18 heavy (non-hydrogen) atoms. The first-order chi connectivity index (χ1) is 8.83. The van der Waals surface area contributed by atoms with Crippen molar-refractivity contribution >= 4 is 11.3 Å². The zero-order chi connectivity index (χ0) is 12.8. The fourth-order valence-electron chi connectivity index (χ4n) is 3.29. The van der Waals surface area contributed by atoms with Gasteiger partial charge in [0.15, 0.2) is 0 Å². The van der Waals surface area contributed by atoms with Crippen LogP contribution in [0.3, 0.4) is 0 Å². The second kappa shape index (κ2) is 7.27. The monoisotopic (exact) mass is 266 g/mol. The average molecular weight is 266 g/mol. The number of hydrazine groups is 1. The van der Waals surface area contributed by atoms with Crippen molar-refractivity contribution in [2.24, 2.45) is 17.7 Å². The van der Waals surface area contributed by atoms with Gasteiger partial charge in [-0.25, -0.2) is 0 Å². The van der Waals surface area contributed by atoms with Gasteiger partial charge in [-0.3, -0.25) is 11.3 Å². The first-order valence-corrected chi connectivity index (χ1v) is 8.20. The molecule has 3 heteroatoms. The Morgan fingerprint density at radius 1 is 1.39 bits per heavy atom. The van der Waals surface area contributed by atoms with E-state index in [4.69, 9.17) is 5.84 Å². The summed E-state index contributed by atoms with van der Waals surface area (Å²) >= 11 is 1.84. The molecule has 1 saturated carbocycles. The van der Waals surface area contributed by atoms with Gasteiger partial charge in [-0.1, -0.05) is 38.7 Å². The lowest BCUT2D eigenvalue weighted by Crippen LogP contribution is -2.43. The molecule has 1 aromatic heterocycles. The van der Waals surface area contributed by atoms with Crippen LogP contribution in [0.1, 0.15) is 50.3 Å². The Bertz CT molecular complexity index is 315. The fourth-order valence-corrected chi connectivity index (χ4v) is 4.06. The molecule has 1 aliphatic rings. The van der Waals surface area contributed by atoms with E-state index in [9.17, 15) is 0 Å². The highest BCUT2D eigenvalue weighted by molar-refractivity contribution is 7.09. The molecule has 1 fully saturated rings. The number of nitrogens with two attached hydrogens (primary N) is 1. The molecule has 102 valence electrons. The largest absolute Gasteiger partial charge is 0.271 e. The van der Waals surface area contributed by atoms with Crippen molar-refractivity contribution in [2.45, 2.75) is 57.9 Å². The summed E-state index contributed by atoms with van der Waals surface area (Å²) in [4.78, 5) is 1.45. The normalized spacial score (nSPS) is 26.1. The van der Waals surface area contributed by atoms with Crippen LogP contribution in [0, 0.1) is 11.8 Å². The summed E-state index contributed by atoms with van der Waals surface area (Å²) in [5.41, 5.74) is 3.06. The highest BCUT2D eigenvalue weighted by Crippen LogP contribution is 2.34. The molecule has 0 aromatic carbocycles. The van der Waals surface area contributed by atoms with E-state index in [-0.39, 0.29) is 0 Å². The first kappa shape index (κ1) is 14.0. The van der Waals surface area contributed by atoms with Crippen molar-refractivity contribution in [1.29, 1.82) is 0 Å². The number of rotatable bonds is 6. The summed E-state index contributed by atoms with van der Waals surface area (Å²) in [5.74, 6) is 7.52. The molecule has 1 atom stereocenters. The molecule has 3 N–H and O–H groups in total. The molecule has 0 aliphatic heterocycles. The molecule has 0 amide bonds. The lowest BCUT2D eigenvalue weighted by molar-refractivity contribution is 0.213. The highest BCUT2D eigenvalue weighted by atomic mass is 32.1. The molecule has 2 nitrogen and oxygen atoms in total. The van der Waals surface area contributed by atoms with Crippen molar-refractivity contribution < 1.29 is 0 Å². The zero-order valence-electron chi connectivity index (χ0n) is 11.4. The predicted molar refractivity (Wildman–Crippen MR) is 79.5 cm³/mol. The quantitative estimate of drug-likeness (QED) is 0.608. The third kappa shape index (κ3) is 3.81. The van der Waals surface area contributed by atoms with Gasteiger partial charge in [-0.05, 0) is 42.5 Å². The van der Waals surface area contributed by atoms with Gasteiger partial charge in [-0.2, -0.15) is 0 Å². The maximum Gasteiger partial charge on any atom is 0.0286 e. The molecule has 1 heterocycles. The maximum atomic E-state index is 5.77. The van der Waals surface area contributed by atoms with Crippen LogP contribution in [-0.2, 0) is 6.42 Å². The van der Waals surface area contributed by atoms with Crippen LogP contribution in [0.25, 0.3) is 0 Å². The molecular weight excluding hydrogens is 240 g/mol. The van der Waals surface area contributed by atoms with E-state index < -0.39 is 0 Å². The van der Waals surface area contributed by atoms with E-state index in [0.717, 1.165) is 18.3 Å². The summed E-state index contributed by atoms with van der Waals surface area (Å²) < 4.78 is 0. The second-order valence-corrected chi connectivity index (χ2v) is 6.66. The summed E-state index contributed by atoms with van der Waals surface area (Å²) in [6, 6.07) is 4.81. The zero-order valence-corrected chi connectivity index (χ0v) is 12.2. The van der Waals surface area contributed by atoms with E-state index in [0.29, 0.717) is 6.04 Å². The van der Waals surface area contributed by atoms with Gasteiger partial charge in [0.1, 0.15) is 0 Å². The van der Waals surface area contributed by atoms with Crippen molar-refractivity contribution in [3.8, 4) is 0 Å².